The summed E-state index contributed by atoms with van der Waals surface area (Å²) in [5, 5.41) is 12.8. The highest BCUT2D eigenvalue weighted by Gasteiger charge is 2.12. The number of aromatic nitrogens is 4. The summed E-state index contributed by atoms with van der Waals surface area (Å²) in [6, 6.07) is 9.91. The maximum absolute atomic E-state index is 9.54. The number of H-pyrrole nitrogens is 1. The first-order valence-corrected chi connectivity index (χ1v) is 6.42. The number of aliphatic hydroxyl groups is 1. The third-order valence-corrected chi connectivity index (χ3v) is 3.11. The van der Waals surface area contributed by atoms with Crippen LogP contribution in [-0.2, 0) is 6.42 Å². The van der Waals surface area contributed by atoms with Gasteiger partial charge >= 0.3 is 0 Å². The summed E-state index contributed by atoms with van der Waals surface area (Å²) in [5.74, 6) is 0.655. The minimum atomic E-state index is -0.112. The minimum Gasteiger partial charge on any atom is -0.394 e. The van der Waals surface area contributed by atoms with Gasteiger partial charge in [-0.2, -0.15) is 0 Å². The van der Waals surface area contributed by atoms with E-state index >= 15 is 0 Å². The second-order valence-electron chi connectivity index (χ2n) is 4.54. The van der Waals surface area contributed by atoms with Crippen molar-refractivity contribution in [2.24, 2.45) is 0 Å². The number of aliphatic hydroxyl groups excluding tert-OH is 1. The first-order chi connectivity index (χ1) is 9.86. The number of hydrogen-bond acceptors (Lipinski definition) is 5. The molecular formula is C14H15N5O. The van der Waals surface area contributed by atoms with E-state index in [9.17, 15) is 5.11 Å². The summed E-state index contributed by atoms with van der Waals surface area (Å²) in [6.45, 7) is 0.0223. The first-order valence-electron chi connectivity index (χ1n) is 6.42. The predicted molar refractivity (Wildman–Crippen MR) is 76.3 cm³/mol. The zero-order valence-electron chi connectivity index (χ0n) is 10.8. The Kier molecular flexibility index (Phi) is 3.56. The zero-order valence-corrected chi connectivity index (χ0v) is 10.8. The maximum Gasteiger partial charge on any atom is 0.182 e. The summed E-state index contributed by atoms with van der Waals surface area (Å²) in [6.07, 6.45) is 3.76. The van der Waals surface area contributed by atoms with Gasteiger partial charge in [0, 0.05) is 0 Å². The largest absolute Gasteiger partial charge is 0.394 e. The third kappa shape index (κ3) is 2.60. The van der Waals surface area contributed by atoms with E-state index in [-0.39, 0.29) is 12.6 Å². The smallest absolute Gasteiger partial charge is 0.182 e. The standard InChI is InChI=1S/C14H15N5O/c20-7-11(6-10-4-2-1-3-5-10)19-14-12-13(16-8-15-12)17-9-18-14/h1-5,8-9,11,20H,6-7H2,(H2,15,16,17,18,19)/t11-/m1/s1. The molecule has 0 fully saturated rings. The van der Waals surface area contributed by atoms with Crippen LogP contribution in [0.5, 0.6) is 0 Å². The van der Waals surface area contributed by atoms with Gasteiger partial charge in [0.25, 0.3) is 0 Å². The lowest BCUT2D eigenvalue weighted by Crippen LogP contribution is -2.27. The van der Waals surface area contributed by atoms with Gasteiger partial charge in [-0.05, 0) is 12.0 Å². The van der Waals surface area contributed by atoms with Crippen molar-refractivity contribution in [2.45, 2.75) is 12.5 Å². The average Bonchev–Trinajstić information content (AvgIpc) is 2.97. The van der Waals surface area contributed by atoms with Crippen LogP contribution in [0.3, 0.4) is 0 Å². The van der Waals surface area contributed by atoms with E-state index in [2.05, 4.69) is 25.3 Å². The van der Waals surface area contributed by atoms with E-state index in [4.69, 9.17) is 0 Å². The first kappa shape index (κ1) is 12.6. The molecule has 102 valence electrons. The molecule has 6 nitrogen and oxygen atoms in total. The predicted octanol–water partition coefficient (Wildman–Crippen LogP) is 1.37. The summed E-state index contributed by atoms with van der Waals surface area (Å²) < 4.78 is 0. The molecule has 1 atom stereocenters. The van der Waals surface area contributed by atoms with Crippen molar-refractivity contribution in [1.82, 2.24) is 19.9 Å². The highest BCUT2D eigenvalue weighted by molar-refractivity contribution is 5.82. The van der Waals surface area contributed by atoms with Crippen molar-refractivity contribution in [3.05, 3.63) is 48.5 Å². The molecule has 0 aliphatic carbocycles. The van der Waals surface area contributed by atoms with Crippen molar-refractivity contribution in [3.8, 4) is 0 Å². The van der Waals surface area contributed by atoms with Gasteiger partial charge < -0.3 is 15.4 Å². The lowest BCUT2D eigenvalue weighted by Gasteiger charge is -2.17. The van der Waals surface area contributed by atoms with Crippen LogP contribution in [0.15, 0.2) is 43.0 Å². The lowest BCUT2D eigenvalue weighted by atomic mass is 10.1. The highest BCUT2D eigenvalue weighted by Crippen LogP contribution is 2.16. The molecule has 6 heteroatoms. The van der Waals surface area contributed by atoms with E-state index in [0.29, 0.717) is 11.5 Å². The van der Waals surface area contributed by atoms with Crippen molar-refractivity contribution in [2.75, 3.05) is 11.9 Å². The summed E-state index contributed by atoms with van der Waals surface area (Å²) in [5.41, 5.74) is 2.52. The van der Waals surface area contributed by atoms with E-state index in [1.165, 1.54) is 6.33 Å². The average molecular weight is 269 g/mol. The number of fused-ring (bicyclic) bond motifs is 1. The molecule has 3 rings (SSSR count). The maximum atomic E-state index is 9.54. The quantitative estimate of drug-likeness (QED) is 0.651. The van der Waals surface area contributed by atoms with Gasteiger partial charge in [0.1, 0.15) is 11.8 Å². The van der Waals surface area contributed by atoms with E-state index < -0.39 is 0 Å². The van der Waals surface area contributed by atoms with E-state index in [1.807, 2.05) is 30.3 Å². The molecule has 0 saturated carbocycles. The SMILES string of the molecule is OC[C@@H](Cc1ccccc1)Nc1ncnc2nc[nH]c12. The van der Waals surface area contributed by atoms with E-state index in [1.54, 1.807) is 6.33 Å². The Labute approximate surface area is 115 Å². The van der Waals surface area contributed by atoms with Crippen LogP contribution >= 0.6 is 0 Å². The highest BCUT2D eigenvalue weighted by atomic mass is 16.3. The molecule has 0 unspecified atom stereocenters. The number of nitrogens with one attached hydrogen (secondary N) is 2. The molecule has 0 amide bonds. The Balaban J connectivity index is 1.79. The molecule has 0 spiro atoms. The molecule has 3 N–H and O–H groups in total. The summed E-state index contributed by atoms with van der Waals surface area (Å²) in [7, 11) is 0. The molecule has 2 heterocycles. The van der Waals surface area contributed by atoms with Crippen LogP contribution in [0.4, 0.5) is 5.82 Å². The van der Waals surface area contributed by atoms with Gasteiger partial charge in [-0.15, -0.1) is 0 Å². The second kappa shape index (κ2) is 5.66. The molecule has 2 aromatic heterocycles. The lowest BCUT2D eigenvalue weighted by molar-refractivity contribution is 0.273. The minimum absolute atomic E-state index is 0.0223. The molecule has 1 aromatic carbocycles. The van der Waals surface area contributed by atoms with Gasteiger partial charge in [0.05, 0.1) is 19.0 Å². The molecule has 0 bridgehead atoms. The Morgan fingerprint density at radius 3 is 2.80 bits per heavy atom. The van der Waals surface area contributed by atoms with Crippen molar-refractivity contribution in [3.63, 3.8) is 0 Å². The van der Waals surface area contributed by atoms with Crippen LogP contribution < -0.4 is 5.32 Å². The Hall–Kier alpha value is -2.47. The Morgan fingerprint density at radius 1 is 1.15 bits per heavy atom. The fourth-order valence-corrected chi connectivity index (χ4v) is 2.13. The van der Waals surface area contributed by atoms with Crippen molar-refractivity contribution in [1.29, 1.82) is 0 Å². The second-order valence-corrected chi connectivity index (χ2v) is 4.54. The number of imidazole rings is 1. The topological polar surface area (TPSA) is 86.7 Å². The van der Waals surface area contributed by atoms with Gasteiger partial charge in [-0.3, -0.25) is 0 Å². The fraction of sp³-hybridized carbons (Fsp3) is 0.214. The van der Waals surface area contributed by atoms with Crippen LogP contribution in [-0.4, -0.2) is 37.7 Å². The van der Waals surface area contributed by atoms with E-state index in [0.717, 1.165) is 17.5 Å². The normalized spacial score (nSPS) is 12.4. The number of anilines is 1. The number of rotatable bonds is 5. The van der Waals surface area contributed by atoms with Gasteiger partial charge in [0.15, 0.2) is 11.5 Å². The molecule has 20 heavy (non-hydrogen) atoms. The Morgan fingerprint density at radius 2 is 2.00 bits per heavy atom. The van der Waals surface area contributed by atoms with Crippen molar-refractivity contribution >= 4 is 17.0 Å². The zero-order chi connectivity index (χ0) is 13.8. The number of aromatic amines is 1. The Bertz CT molecular complexity index is 682. The number of nitrogens with zero attached hydrogens (tertiary/aromatic N) is 3. The molecule has 0 aliphatic heterocycles. The molecule has 0 radical (unpaired) electrons. The number of hydrogen-bond donors (Lipinski definition) is 3. The summed E-state index contributed by atoms with van der Waals surface area (Å²) in [4.78, 5) is 15.4. The third-order valence-electron chi connectivity index (χ3n) is 3.11. The monoisotopic (exact) mass is 269 g/mol. The molecule has 0 saturated heterocycles. The fourth-order valence-electron chi connectivity index (χ4n) is 2.13. The van der Waals surface area contributed by atoms with Crippen LogP contribution in [0.1, 0.15) is 5.56 Å². The van der Waals surface area contributed by atoms with Gasteiger partial charge in [-0.25, -0.2) is 15.0 Å². The molecular weight excluding hydrogens is 254 g/mol. The van der Waals surface area contributed by atoms with Crippen LogP contribution in [0.2, 0.25) is 0 Å². The molecule has 0 aliphatic rings. The number of benzene rings is 1. The van der Waals surface area contributed by atoms with Crippen LogP contribution in [0, 0.1) is 0 Å². The van der Waals surface area contributed by atoms with Gasteiger partial charge in [0.2, 0.25) is 0 Å². The van der Waals surface area contributed by atoms with Crippen LogP contribution in [0.25, 0.3) is 11.2 Å². The van der Waals surface area contributed by atoms with Crippen molar-refractivity contribution < 1.29 is 5.11 Å². The summed E-state index contributed by atoms with van der Waals surface area (Å²) >= 11 is 0. The molecule has 3 aromatic rings. The van der Waals surface area contributed by atoms with Gasteiger partial charge in [-0.1, -0.05) is 30.3 Å².